The van der Waals surface area contributed by atoms with Crippen molar-refractivity contribution in [1.29, 1.82) is 0 Å². The van der Waals surface area contributed by atoms with Gasteiger partial charge in [-0.05, 0) is 25.0 Å². The molecule has 0 aliphatic rings. The van der Waals surface area contributed by atoms with Gasteiger partial charge in [-0.2, -0.15) is 0 Å². The van der Waals surface area contributed by atoms with Crippen LogP contribution in [-0.2, 0) is 6.42 Å². The summed E-state index contributed by atoms with van der Waals surface area (Å²) in [6, 6.07) is 1.95. The lowest BCUT2D eigenvalue weighted by Gasteiger charge is -2.03. The van der Waals surface area contributed by atoms with E-state index in [1.54, 1.807) is 0 Å². The number of aryl methyl sites for hydroxylation is 1. The molecule has 0 fully saturated rings. The Kier molecular flexibility index (Phi) is 3.86. The monoisotopic (exact) mass is 275 g/mol. The third-order valence-electron chi connectivity index (χ3n) is 2.37. The highest BCUT2D eigenvalue weighted by molar-refractivity contribution is 6.17. The van der Waals surface area contributed by atoms with Crippen molar-refractivity contribution in [2.24, 2.45) is 0 Å². The van der Waals surface area contributed by atoms with E-state index in [-0.39, 0.29) is 5.69 Å². The first kappa shape index (κ1) is 12.9. The Bertz CT molecular complexity index is 556. The summed E-state index contributed by atoms with van der Waals surface area (Å²) >= 11 is 5.53. The number of aromatic nitrogens is 3. The van der Waals surface area contributed by atoms with Crippen molar-refractivity contribution in [3.63, 3.8) is 0 Å². The summed E-state index contributed by atoms with van der Waals surface area (Å²) in [6.07, 6.45) is 2.76. The van der Waals surface area contributed by atoms with Crippen molar-refractivity contribution in [1.82, 2.24) is 15.0 Å². The van der Waals surface area contributed by atoms with Crippen LogP contribution in [0.5, 0.6) is 0 Å². The molecule has 1 aromatic carbocycles. The smallest absolute Gasteiger partial charge is 0.196 e. The highest BCUT2D eigenvalue weighted by atomic mass is 35.5. The summed E-state index contributed by atoms with van der Waals surface area (Å²) in [5, 5.41) is 7.46. The molecule has 3 nitrogen and oxygen atoms in total. The topological polar surface area (TPSA) is 30.7 Å². The SMILES string of the molecule is Fc1ccc(-n2cc(CCCCl)nn2)c(F)c1F. The quantitative estimate of drug-likeness (QED) is 0.634. The Labute approximate surface area is 106 Å². The zero-order valence-electron chi connectivity index (χ0n) is 9.21. The standard InChI is InChI=1S/C11H9ClF3N3/c12-5-1-2-7-6-18(17-16-7)9-4-3-8(13)10(14)11(9)15/h3-4,6H,1-2,5H2. The van der Waals surface area contributed by atoms with Crippen LogP contribution in [0.3, 0.4) is 0 Å². The summed E-state index contributed by atoms with van der Waals surface area (Å²) < 4.78 is 40.4. The van der Waals surface area contributed by atoms with Crippen molar-refractivity contribution in [2.75, 3.05) is 5.88 Å². The maximum Gasteiger partial charge on any atom is 0.196 e. The van der Waals surface area contributed by atoms with Gasteiger partial charge in [0.2, 0.25) is 0 Å². The van der Waals surface area contributed by atoms with E-state index in [1.165, 1.54) is 6.20 Å². The molecule has 1 aromatic heterocycles. The van der Waals surface area contributed by atoms with Crippen molar-refractivity contribution in [3.8, 4) is 5.69 Å². The summed E-state index contributed by atoms with van der Waals surface area (Å²) in [5.74, 6) is -3.57. The van der Waals surface area contributed by atoms with Crippen molar-refractivity contribution in [2.45, 2.75) is 12.8 Å². The zero-order chi connectivity index (χ0) is 13.1. The normalized spacial score (nSPS) is 10.9. The largest absolute Gasteiger partial charge is 0.217 e. The number of hydrogen-bond acceptors (Lipinski definition) is 2. The first-order valence-electron chi connectivity index (χ1n) is 5.24. The van der Waals surface area contributed by atoms with Gasteiger partial charge in [0.15, 0.2) is 17.5 Å². The Morgan fingerprint density at radius 3 is 2.67 bits per heavy atom. The molecular formula is C11H9ClF3N3. The maximum absolute atomic E-state index is 13.5. The number of hydrogen-bond donors (Lipinski definition) is 0. The van der Waals surface area contributed by atoms with Crippen LogP contribution in [0.1, 0.15) is 12.1 Å². The fourth-order valence-corrected chi connectivity index (χ4v) is 1.60. The maximum atomic E-state index is 13.5. The van der Waals surface area contributed by atoms with Gasteiger partial charge in [0.25, 0.3) is 0 Å². The lowest BCUT2D eigenvalue weighted by molar-refractivity contribution is 0.442. The molecule has 96 valence electrons. The molecule has 0 saturated heterocycles. The van der Waals surface area contributed by atoms with Crippen LogP contribution in [0.2, 0.25) is 0 Å². The van der Waals surface area contributed by atoms with E-state index in [1.807, 2.05) is 0 Å². The minimum absolute atomic E-state index is 0.182. The van der Waals surface area contributed by atoms with E-state index in [2.05, 4.69) is 10.3 Å². The number of benzene rings is 1. The van der Waals surface area contributed by atoms with Crippen molar-refractivity contribution >= 4 is 11.6 Å². The van der Waals surface area contributed by atoms with Gasteiger partial charge < -0.3 is 0 Å². The summed E-state index contributed by atoms with van der Waals surface area (Å²) in [5.41, 5.74) is 0.429. The predicted octanol–water partition coefficient (Wildman–Crippen LogP) is 2.86. The van der Waals surface area contributed by atoms with Gasteiger partial charge in [0.05, 0.1) is 11.9 Å². The number of halogens is 4. The summed E-state index contributed by atoms with van der Waals surface area (Å²) in [4.78, 5) is 0. The fraction of sp³-hybridized carbons (Fsp3) is 0.273. The Morgan fingerprint density at radius 1 is 1.17 bits per heavy atom. The molecule has 0 bridgehead atoms. The van der Waals surface area contributed by atoms with Gasteiger partial charge in [-0.15, -0.1) is 16.7 Å². The van der Waals surface area contributed by atoms with Gasteiger partial charge in [-0.25, -0.2) is 17.9 Å². The average molecular weight is 276 g/mol. The lowest BCUT2D eigenvalue weighted by Crippen LogP contribution is -2.02. The zero-order valence-corrected chi connectivity index (χ0v) is 9.96. The molecule has 2 rings (SSSR count). The molecule has 0 atom stereocenters. The molecule has 2 aromatic rings. The van der Waals surface area contributed by atoms with Crippen LogP contribution < -0.4 is 0 Å². The summed E-state index contributed by atoms with van der Waals surface area (Å²) in [6.45, 7) is 0. The van der Waals surface area contributed by atoms with E-state index in [0.717, 1.165) is 16.8 Å². The Hall–Kier alpha value is -1.56. The van der Waals surface area contributed by atoms with Gasteiger partial charge in [0.1, 0.15) is 5.69 Å². The molecule has 0 saturated carbocycles. The van der Waals surface area contributed by atoms with Crippen molar-refractivity contribution in [3.05, 3.63) is 41.5 Å². The molecule has 0 spiro atoms. The van der Waals surface area contributed by atoms with Gasteiger partial charge in [-0.3, -0.25) is 0 Å². The molecule has 18 heavy (non-hydrogen) atoms. The molecular weight excluding hydrogens is 267 g/mol. The van der Waals surface area contributed by atoms with Crippen LogP contribution >= 0.6 is 11.6 Å². The van der Waals surface area contributed by atoms with Gasteiger partial charge >= 0.3 is 0 Å². The first-order chi connectivity index (χ1) is 8.63. The number of alkyl halides is 1. The third kappa shape index (κ3) is 2.48. The predicted molar refractivity (Wildman–Crippen MR) is 60.3 cm³/mol. The Balaban J connectivity index is 2.31. The number of nitrogens with zero attached hydrogens (tertiary/aromatic N) is 3. The van der Waals surface area contributed by atoms with E-state index in [4.69, 9.17) is 11.6 Å². The van der Waals surface area contributed by atoms with Crippen LogP contribution in [0.25, 0.3) is 5.69 Å². The molecule has 0 aliphatic heterocycles. The third-order valence-corrected chi connectivity index (χ3v) is 2.64. The highest BCUT2D eigenvalue weighted by Crippen LogP contribution is 2.18. The van der Waals surface area contributed by atoms with Crippen LogP contribution in [-0.4, -0.2) is 20.9 Å². The number of rotatable bonds is 4. The van der Waals surface area contributed by atoms with E-state index in [0.29, 0.717) is 24.4 Å². The van der Waals surface area contributed by atoms with E-state index < -0.39 is 17.5 Å². The Morgan fingerprint density at radius 2 is 1.94 bits per heavy atom. The molecule has 0 aliphatic carbocycles. The molecule has 7 heteroatoms. The van der Waals surface area contributed by atoms with Crippen LogP contribution in [0, 0.1) is 17.5 Å². The molecule has 1 heterocycles. The second kappa shape index (κ2) is 5.39. The van der Waals surface area contributed by atoms with Crippen molar-refractivity contribution < 1.29 is 13.2 Å². The molecule has 0 N–H and O–H groups in total. The second-order valence-electron chi connectivity index (χ2n) is 3.64. The minimum Gasteiger partial charge on any atom is -0.217 e. The highest BCUT2D eigenvalue weighted by Gasteiger charge is 2.15. The fourth-order valence-electron chi connectivity index (χ4n) is 1.47. The second-order valence-corrected chi connectivity index (χ2v) is 4.02. The lowest BCUT2D eigenvalue weighted by atomic mass is 10.2. The average Bonchev–Trinajstić information content (AvgIpc) is 2.82. The molecule has 0 amide bonds. The van der Waals surface area contributed by atoms with E-state index >= 15 is 0 Å². The molecule has 0 radical (unpaired) electrons. The minimum atomic E-state index is -1.52. The molecule has 0 unspecified atom stereocenters. The summed E-state index contributed by atoms with van der Waals surface area (Å²) in [7, 11) is 0. The van der Waals surface area contributed by atoms with Crippen LogP contribution in [0.15, 0.2) is 18.3 Å². The van der Waals surface area contributed by atoms with Gasteiger partial charge in [-0.1, -0.05) is 5.21 Å². The first-order valence-corrected chi connectivity index (χ1v) is 5.78. The van der Waals surface area contributed by atoms with Crippen LogP contribution in [0.4, 0.5) is 13.2 Å². The van der Waals surface area contributed by atoms with Gasteiger partial charge in [0, 0.05) is 5.88 Å². The van der Waals surface area contributed by atoms with E-state index in [9.17, 15) is 13.2 Å².